The van der Waals surface area contributed by atoms with Crippen LogP contribution < -0.4 is 5.32 Å². The fourth-order valence-corrected chi connectivity index (χ4v) is 7.74. The minimum Gasteiger partial charge on any atom is -0.390 e. The van der Waals surface area contributed by atoms with Crippen LogP contribution in [0.4, 0.5) is 23.2 Å². The fourth-order valence-electron chi connectivity index (χ4n) is 5.39. The summed E-state index contributed by atoms with van der Waals surface area (Å²) in [5.41, 5.74) is -2.89. The topological polar surface area (TPSA) is 83.5 Å². The third-order valence-corrected chi connectivity index (χ3v) is 9.93. The van der Waals surface area contributed by atoms with Crippen molar-refractivity contribution in [1.82, 2.24) is 0 Å². The Bertz CT molecular complexity index is 1250. The second-order valence-corrected chi connectivity index (χ2v) is 11.8. The number of halogens is 5. The van der Waals surface area contributed by atoms with E-state index in [1.165, 1.54) is 12.1 Å². The molecule has 34 heavy (non-hydrogen) atoms. The van der Waals surface area contributed by atoms with Crippen LogP contribution in [0.1, 0.15) is 42.6 Å². The first-order valence-electron chi connectivity index (χ1n) is 10.6. The van der Waals surface area contributed by atoms with Crippen LogP contribution in [-0.2, 0) is 16.0 Å². The largest absolute Gasteiger partial charge is 0.419 e. The van der Waals surface area contributed by atoms with Gasteiger partial charge in [0.1, 0.15) is 5.82 Å². The van der Waals surface area contributed by atoms with Crippen LogP contribution in [0.15, 0.2) is 41.3 Å². The molecule has 0 spiro atoms. The van der Waals surface area contributed by atoms with E-state index in [0.29, 0.717) is 12.1 Å². The SMILES string of the molecule is C[C@H]1C2CC(S(=O)(=O)c3cc(C(=O)Nc4ccc(F)c(C(F)(F)F)c4)ccc3Cl)CC1[C@]2(C)O. The van der Waals surface area contributed by atoms with Crippen molar-refractivity contribution in [3.63, 3.8) is 0 Å². The van der Waals surface area contributed by atoms with Crippen molar-refractivity contribution in [3.8, 4) is 0 Å². The number of rotatable bonds is 4. The number of anilines is 1. The van der Waals surface area contributed by atoms with E-state index in [9.17, 15) is 35.9 Å². The number of hydrogen-bond donors (Lipinski definition) is 2. The number of sulfone groups is 1. The number of nitrogens with one attached hydrogen (secondary N) is 1. The number of carbonyl (C=O) groups excluding carboxylic acids is 1. The van der Waals surface area contributed by atoms with Gasteiger partial charge in [0, 0.05) is 11.3 Å². The Morgan fingerprint density at radius 2 is 1.76 bits per heavy atom. The van der Waals surface area contributed by atoms with E-state index in [4.69, 9.17) is 11.6 Å². The summed E-state index contributed by atoms with van der Waals surface area (Å²) in [5.74, 6) is -2.50. The Balaban J connectivity index is 1.59. The van der Waals surface area contributed by atoms with Gasteiger partial charge in [0.15, 0.2) is 9.84 Å². The molecule has 2 bridgehead atoms. The minimum absolute atomic E-state index is 0.0863. The van der Waals surface area contributed by atoms with E-state index in [0.717, 1.165) is 12.1 Å². The number of alkyl halides is 3. The van der Waals surface area contributed by atoms with E-state index in [1.54, 1.807) is 6.92 Å². The number of amides is 1. The second kappa shape index (κ2) is 8.20. The van der Waals surface area contributed by atoms with E-state index in [2.05, 4.69) is 5.32 Å². The lowest BCUT2D eigenvalue weighted by molar-refractivity contribution is -0.204. The lowest BCUT2D eigenvalue weighted by atomic mass is 9.48. The average molecular weight is 520 g/mol. The predicted molar refractivity (Wildman–Crippen MR) is 118 cm³/mol. The Hall–Kier alpha value is -2.17. The molecule has 2 N–H and O–H groups in total. The summed E-state index contributed by atoms with van der Waals surface area (Å²) in [7, 11) is -3.95. The van der Waals surface area contributed by atoms with Crippen LogP contribution in [0.25, 0.3) is 0 Å². The zero-order valence-electron chi connectivity index (χ0n) is 18.2. The number of benzene rings is 2. The monoisotopic (exact) mass is 519 g/mol. The van der Waals surface area contributed by atoms with Crippen LogP contribution in [0.3, 0.4) is 0 Å². The van der Waals surface area contributed by atoms with Gasteiger partial charge in [0.2, 0.25) is 0 Å². The van der Waals surface area contributed by atoms with Gasteiger partial charge in [-0.25, -0.2) is 12.8 Å². The molecule has 5 rings (SSSR count). The summed E-state index contributed by atoms with van der Waals surface area (Å²) in [6, 6.07) is 5.58. The van der Waals surface area contributed by atoms with Crippen molar-refractivity contribution in [2.24, 2.45) is 17.8 Å². The lowest BCUT2D eigenvalue weighted by Gasteiger charge is -2.61. The van der Waals surface area contributed by atoms with Gasteiger partial charge >= 0.3 is 6.18 Å². The van der Waals surface area contributed by atoms with Gasteiger partial charge in [-0.1, -0.05) is 18.5 Å². The lowest BCUT2D eigenvalue weighted by Crippen LogP contribution is -2.65. The molecule has 2 atom stereocenters. The highest BCUT2D eigenvalue weighted by Gasteiger charge is 2.61. The maximum atomic E-state index is 13.5. The highest BCUT2D eigenvalue weighted by Crippen LogP contribution is 2.59. The highest BCUT2D eigenvalue weighted by molar-refractivity contribution is 7.92. The first kappa shape index (κ1) is 24.9. The summed E-state index contributed by atoms with van der Waals surface area (Å²) < 4.78 is 79.1. The Labute approximate surface area is 199 Å². The van der Waals surface area contributed by atoms with E-state index in [1.807, 2.05) is 6.92 Å². The Kier molecular flexibility index (Phi) is 6.02. The molecule has 0 saturated heterocycles. The fraction of sp³-hybridized carbons (Fsp3) is 0.435. The number of aliphatic hydroxyl groups is 1. The second-order valence-electron chi connectivity index (χ2n) is 9.23. The number of carbonyl (C=O) groups is 1. The molecule has 0 aromatic heterocycles. The van der Waals surface area contributed by atoms with Crippen molar-refractivity contribution in [3.05, 3.63) is 58.4 Å². The molecular weight excluding hydrogens is 498 g/mol. The average Bonchev–Trinajstić information content (AvgIpc) is 2.74. The smallest absolute Gasteiger partial charge is 0.390 e. The molecule has 0 heterocycles. The quantitative estimate of drug-likeness (QED) is 0.536. The molecule has 0 aliphatic heterocycles. The molecule has 2 aromatic rings. The molecule has 0 radical (unpaired) electrons. The molecule has 184 valence electrons. The van der Waals surface area contributed by atoms with Gasteiger partial charge in [-0.3, -0.25) is 4.79 Å². The molecule has 3 aliphatic carbocycles. The van der Waals surface area contributed by atoms with Gasteiger partial charge in [-0.05, 0) is 73.9 Å². The summed E-state index contributed by atoms with van der Waals surface area (Å²) in [6.45, 7) is 3.69. The van der Waals surface area contributed by atoms with Crippen LogP contribution in [-0.4, -0.2) is 30.3 Å². The number of fused-ring (bicyclic) bond motifs is 2. The standard InChI is InChI=1S/C23H22ClF4NO4S/c1-11-15-9-14(10-16(11)22(15,2)31)34(32,33)20-7-12(3-5-18(20)24)21(30)29-13-4-6-19(25)17(8-13)23(26,27)28/h3-8,11,14-16,31H,9-10H2,1-2H3,(H,29,30)/t11-,14?,15?,16?,22+. The molecule has 2 unspecified atom stereocenters. The third kappa shape index (κ3) is 4.09. The molecule has 11 heteroatoms. The van der Waals surface area contributed by atoms with E-state index < -0.39 is 44.2 Å². The maximum Gasteiger partial charge on any atom is 0.419 e. The number of hydrogen-bond acceptors (Lipinski definition) is 4. The molecule has 3 fully saturated rings. The van der Waals surface area contributed by atoms with Gasteiger partial charge < -0.3 is 10.4 Å². The molecule has 3 saturated carbocycles. The van der Waals surface area contributed by atoms with Crippen LogP contribution in [0, 0.1) is 23.6 Å². The predicted octanol–water partition coefficient (Wildman–Crippen LogP) is 5.32. The summed E-state index contributed by atoms with van der Waals surface area (Å²) in [5, 5.41) is 11.9. The van der Waals surface area contributed by atoms with Crippen LogP contribution in [0.2, 0.25) is 5.02 Å². The molecule has 5 nitrogen and oxygen atoms in total. The zero-order chi connectivity index (χ0) is 25.2. The molecule has 3 aliphatic rings. The Morgan fingerprint density at radius 1 is 1.15 bits per heavy atom. The maximum absolute atomic E-state index is 13.5. The highest BCUT2D eigenvalue weighted by atomic mass is 35.5. The van der Waals surface area contributed by atoms with Crippen LogP contribution >= 0.6 is 11.6 Å². The first-order valence-corrected chi connectivity index (χ1v) is 12.5. The third-order valence-electron chi connectivity index (χ3n) is 7.27. The van der Waals surface area contributed by atoms with E-state index >= 15 is 0 Å². The summed E-state index contributed by atoms with van der Waals surface area (Å²) >= 11 is 6.16. The van der Waals surface area contributed by atoms with Crippen molar-refractivity contribution in [2.45, 2.75) is 48.6 Å². The summed E-state index contributed by atoms with van der Waals surface area (Å²) in [6.07, 6.45) is -4.43. The molecule has 2 aromatic carbocycles. The van der Waals surface area contributed by atoms with Crippen molar-refractivity contribution >= 4 is 33.0 Å². The Morgan fingerprint density at radius 3 is 2.32 bits per heavy atom. The minimum atomic E-state index is -4.95. The van der Waals surface area contributed by atoms with Gasteiger partial charge in [0.05, 0.1) is 26.3 Å². The van der Waals surface area contributed by atoms with Crippen molar-refractivity contribution in [2.75, 3.05) is 5.32 Å². The van der Waals surface area contributed by atoms with Gasteiger partial charge in [-0.2, -0.15) is 13.2 Å². The molecule has 1 amide bonds. The van der Waals surface area contributed by atoms with Gasteiger partial charge in [0.25, 0.3) is 5.91 Å². The first-order chi connectivity index (χ1) is 15.6. The van der Waals surface area contributed by atoms with E-state index in [-0.39, 0.29) is 51.8 Å². The van der Waals surface area contributed by atoms with Crippen molar-refractivity contribution < 1.29 is 35.9 Å². The van der Waals surface area contributed by atoms with Crippen LogP contribution in [0.5, 0.6) is 0 Å². The normalized spacial score (nSPS) is 28.8. The zero-order valence-corrected chi connectivity index (χ0v) is 19.7. The summed E-state index contributed by atoms with van der Waals surface area (Å²) in [4.78, 5) is 12.4. The van der Waals surface area contributed by atoms with Gasteiger partial charge in [-0.15, -0.1) is 0 Å². The van der Waals surface area contributed by atoms with Crippen molar-refractivity contribution in [1.29, 1.82) is 0 Å². The molecular formula is C23H22ClF4NO4S.